The fourth-order valence-corrected chi connectivity index (χ4v) is 6.89. The molecular weight excluding hydrogens is 590 g/mol. The number of aldehydes is 1. The van der Waals surface area contributed by atoms with Crippen molar-refractivity contribution in [1.29, 1.82) is 0 Å². The molecular formula is C32H35NO12. The number of esters is 2. The molecule has 45 heavy (non-hydrogen) atoms. The lowest BCUT2D eigenvalue weighted by atomic mass is 9.50. The van der Waals surface area contributed by atoms with Crippen LogP contribution in [0, 0.1) is 0 Å². The Morgan fingerprint density at radius 2 is 1.91 bits per heavy atom. The summed E-state index contributed by atoms with van der Waals surface area (Å²) in [6, 6.07) is 11.4. The van der Waals surface area contributed by atoms with Crippen LogP contribution in [-0.2, 0) is 40.5 Å². The summed E-state index contributed by atoms with van der Waals surface area (Å²) in [6.07, 6.45) is 0.631. The monoisotopic (exact) mass is 625 g/mol. The second-order valence-electron chi connectivity index (χ2n) is 11.7. The molecule has 2 bridgehead atoms. The van der Waals surface area contributed by atoms with Gasteiger partial charge in [-0.3, -0.25) is 4.79 Å². The highest BCUT2D eigenvalue weighted by Crippen LogP contribution is 2.65. The first kappa shape index (κ1) is 31.9. The maximum atomic E-state index is 13.0. The number of ether oxygens (including phenoxy) is 4. The summed E-state index contributed by atoms with van der Waals surface area (Å²) in [5.41, 5.74) is -0.461. The number of benzene rings is 2. The summed E-state index contributed by atoms with van der Waals surface area (Å²) >= 11 is 0. The van der Waals surface area contributed by atoms with E-state index in [-0.39, 0.29) is 35.5 Å². The molecule has 2 unspecified atom stereocenters. The minimum absolute atomic E-state index is 0.0526. The van der Waals surface area contributed by atoms with Crippen molar-refractivity contribution in [1.82, 2.24) is 4.90 Å². The molecule has 4 aliphatic rings. The highest BCUT2D eigenvalue weighted by atomic mass is 16.7. The zero-order valence-electron chi connectivity index (χ0n) is 25.0. The third kappa shape index (κ3) is 5.30. The Hall–Kier alpha value is -4.46. The number of para-hydroxylation sites is 1. The number of aliphatic hydroxyl groups is 2. The lowest BCUT2D eigenvalue weighted by Crippen LogP contribution is -2.74. The van der Waals surface area contributed by atoms with Crippen molar-refractivity contribution in [2.75, 3.05) is 13.6 Å². The Balaban J connectivity index is 0.000000390. The summed E-state index contributed by atoms with van der Waals surface area (Å²) in [6.45, 7) is 3.13. The Kier molecular flexibility index (Phi) is 8.38. The van der Waals surface area contributed by atoms with Crippen molar-refractivity contribution in [3.05, 3.63) is 65.4 Å². The molecule has 2 aromatic rings. The average molecular weight is 626 g/mol. The zero-order valence-corrected chi connectivity index (χ0v) is 25.0. The molecule has 0 aromatic heterocycles. The molecule has 0 saturated carbocycles. The van der Waals surface area contributed by atoms with E-state index in [1.165, 1.54) is 13.8 Å². The minimum Gasteiger partial charge on any atom is -0.504 e. The van der Waals surface area contributed by atoms with Gasteiger partial charge in [-0.2, -0.15) is 0 Å². The molecule has 240 valence electrons. The number of likely N-dealkylation sites (N-methyl/N-ethyl adjacent to an activating group) is 1. The number of nitrogens with zero attached hydrogens (tertiary/aromatic N) is 1. The Bertz CT molecular complexity index is 1540. The van der Waals surface area contributed by atoms with E-state index in [0.717, 1.165) is 11.1 Å². The Morgan fingerprint density at radius 1 is 1.20 bits per heavy atom. The van der Waals surface area contributed by atoms with Gasteiger partial charge in [-0.1, -0.05) is 24.3 Å². The van der Waals surface area contributed by atoms with Gasteiger partial charge in [0.05, 0.1) is 17.4 Å². The third-order valence-corrected chi connectivity index (χ3v) is 8.96. The summed E-state index contributed by atoms with van der Waals surface area (Å²) in [4.78, 5) is 46.6. The molecule has 13 heteroatoms. The van der Waals surface area contributed by atoms with Crippen molar-refractivity contribution in [3.63, 3.8) is 0 Å². The van der Waals surface area contributed by atoms with Crippen LogP contribution in [0.4, 0.5) is 0 Å². The standard InChI is InChI=1S/C27H27NO8.C5H8O4/c1-28-13-11-25-21-16-7-8-18(30)22(21)35-23(25)19(9-10-26(25,32)20(28)15-16)36-27(33,12-14-29)24(31)34-17-5-3-2-4-6-17;1-3(5(7)8)9-4(2)6/h2-9,14,20,23,30,32-33H,10-13,15H2,1H3;3H,1-2H3,(H,7,8)/t20-,23+,25+,26-,27?;/m1./s1. The minimum atomic E-state index is -2.61. The molecule has 4 N–H and O–H groups in total. The van der Waals surface area contributed by atoms with Crippen molar-refractivity contribution >= 4 is 24.2 Å². The summed E-state index contributed by atoms with van der Waals surface area (Å²) in [5, 5.41) is 42.2. The molecule has 6 rings (SSSR count). The normalized spacial score (nSPS) is 27.5. The summed E-state index contributed by atoms with van der Waals surface area (Å²) < 4.78 is 21.7. The number of rotatable bonds is 8. The van der Waals surface area contributed by atoms with Gasteiger partial charge in [-0.15, -0.1) is 0 Å². The quantitative estimate of drug-likeness (QED) is 0.143. The average Bonchev–Trinajstić information content (AvgIpc) is 3.35. The highest BCUT2D eigenvalue weighted by Gasteiger charge is 2.72. The number of hydrogen-bond acceptors (Lipinski definition) is 12. The first-order valence-electron chi connectivity index (χ1n) is 14.4. The lowest BCUT2D eigenvalue weighted by Gasteiger charge is -2.61. The second kappa shape index (κ2) is 11.8. The molecule has 1 saturated heterocycles. The van der Waals surface area contributed by atoms with Gasteiger partial charge in [-0.05, 0) is 63.2 Å². The van der Waals surface area contributed by atoms with Crippen LogP contribution in [0.5, 0.6) is 17.2 Å². The first-order chi connectivity index (χ1) is 21.3. The topological polar surface area (TPSA) is 189 Å². The van der Waals surface area contributed by atoms with Crippen LogP contribution in [0.3, 0.4) is 0 Å². The highest BCUT2D eigenvalue weighted by molar-refractivity contribution is 5.83. The molecule has 6 atom stereocenters. The smallest absolute Gasteiger partial charge is 0.385 e. The van der Waals surface area contributed by atoms with Gasteiger partial charge in [0.15, 0.2) is 23.7 Å². The van der Waals surface area contributed by atoms with Gasteiger partial charge in [0.25, 0.3) is 0 Å². The molecule has 0 radical (unpaired) electrons. The SMILES string of the molecule is CC(=O)OC(C)C(=O)O.CN1CC[C@]23c4c5ccc(O)c4O[C@H]2C(OC(O)(CC=O)C(=O)Oc2ccccc2)=CC[C@@]3(O)[C@H]1C5. The van der Waals surface area contributed by atoms with Crippen molar-refractivity contribution in [3.8, 4) is 17.2 Å². The van der Waals surface area contributed by atoms with Gasteiger partial charge in [-0.25, -0.2) is 9.59 Å². The van der Waals surface area contributed by atoms with Crippen LogP contribution in [0.25, 0.3) is 0 Å². The van der Waals surface area contributed by atoms with E-state index in [9.17, 15) is 34.5 Å². The number of piperidine rings is 1. The maximum absolute atomic E-state index is 13.0. The predicted octanol–water partition coefficient (Wildman–Crippen LogP) is 1.59. The summed E-state index contributed by atoms with van der Waals surface area (Å²) in [5.74, 6) is -4.95. The van der Waals surface area contributed by atoms with E-state index in [1.807, 2.05) is 13.1 Å². The Morgan fingerprint density at radius 3 is 2.53 bits per heavy atom. The number of likely N-dealkylation sites (tertiary alicyclic amines) is 1. The van der Waals surface area contributed by atoms with Gasteiger partial charge in [0.2, 0.25) is 0 Å². The molecule has 2 aromatic carbocycles. The number of aromatic hydroxyl groups is 1. The zero-order chi connectivity index (χ0) is 32.7. The van der Waals surface area contributed by atoms with Crippen LogP contribution in [0.2, 0.25) is 0 Å². The second-order valence-corrected chi connectivity index (χ2v) is 11.7. The lowest BCUT2D eigenvalue weighted by molar-refractivity contribution is -0.221. The van der Waals surface area contributed by atoms with Gasteiger partial charge in [0.1, 0.15) is 17.8 Å². The first-order valence-corrected chi connectivity index (χ1v) is 14.4. The van der Waals surface area contributed by atoms with E-state index in [4.69, 9.17) is 19.3 Å². The number of phenolic OH excluding ortho intramolecular Hbond substituents is 1. The molecule has 2 aliphatic carbocycles. The van der Waals surface area contributed by atoms with Crippen LogP contribution >= 0.6 is 0 Å². The molecule has 2 heterocycles. The predicted molar refractivity (Wildman–Crippen MR) is 154 cm³/mol. The third-order valence-electron chi connectivity index (χ3n) is 8.96. The molecule has 0 amide bonds. The Labute approximate surface area is 258 Å². The van der Waals surface area contributed by atoms with E-state index in [2.05, 4.69) is 9.64 Å². The van der Waals surface area contributed by atoms with Crippen LogP contribution in [0.15, 0.2) is 54.3 Å². The number of aliphatic carboxylic acids is 1. The maximum Gasteiger partial charge on any atom is 0.385 e. The number of carboxylic acid groups (broad SMARTS) is 1. The van der Waals surface area contributed by atoms with E-state index in [0.29, 0.717) is 25.7 Å². The number of phenols is 1. The van der Waals surface area contributed by atoms with Crippen LogP contribution in [0.1, 0.15) is 44.2 Å². The molecule has 2 aliphatic heterocycles. The van der Waals surface area contributed by atoms with Crippen LogP contribution < -0.4 is 9.47 Å². The van der Waals surface area contributed by atoms with Gasteiger partial charge in [0, 0.05) is 24.9 Å². The van der Waals surface area contributed by atoms with Crippen molar-refractivity contribution < 1.29 is 58.6 Å². The fraction of sp³-hybridized carbons (Fsp3) is 0.438. The van der Waals surface area contributed by atoms with Crippen molar-refractivity contribution in [2.45, 2.75) is 74.6 Å². The van der Waals surface area contributed by atoms with Crippen LogP contribution in [-0.4, -0.2) is 92.8 Å². The number of carbonyl (C=O) groups excluding carboxylic acids is 3. The number of carboxylic acids is 1. The van der Waals surface area contributed by atoms with Crippen molar-refractivity contribution in [2.24, 2.45) is 0 Å². The largest absolute Gasteiger partial charge is 0.504 e. The van der Waals surface area contributed by atoms with Gasteiger partial charge < -0.3 is 49.1 Å². The summed E-state index contributed by atoms with van der Waals surface area (Å²) in [7, 11) is 1.98. The molecule has 13 nitrogen and oxygen atoms in total. The molecule has 1 spiro atoms. The van der Waals surface area contributed by atoms with E-state index in [1.54, 1.807) is 42.5 Å². The van der Waals surface area contributed by atoms with Gasteiger partial charge >= 0.3 is 23.7 Å². The van der Waals surface area contributed by atoms with E-state index < -0.39 is 53.3 Å². The molecule has 1 fully saturated rings. The fourth-order valence-electron chi connectivity index (χ4n) is 6.89. The number of carbonyl (C=O) groups is 4. The number of hydrogen-bond donors (Lipinski definition) is 4. The van der Waals surface area contributed by atoms with E-state index >= 15 is 0 Å².